The minimum absolute atomic E-state index is 0.153. The van der Waals surface area contributed by atoms with Crippen LogP contribution < -0.4 is 5.32 Å². The fraction of sp³-hybridized carbons (Fsp3) is 0.158. The van der Waals surface area contributed by atoms with Crippen molar-refractivity contribution in [2.24, 2.45) is 0 Å². The van der Waals surface area contributed by atoms with Gasteiger partial charge in [0, 0.05) is 39.3 Å². The van der Waals surface area contributed by atoms with E-state index < -0.39 is 10.8 Å². The van der Waals surface area contributed by atoms with E-state index in [0.29, 0.717) is 17.9 Å². The van der Waals surface area contributed by atoms with E-state index in [-0.39, 0.29) is 5.91 Å². The number of nitrogens with one attached hydrogen (secondary N) is 1. The van der Waals surface area contributed by atoms with Crippen molar-refractivity contribution >= 4 is 28.0 Å². The maximum Gasteiger partial charge on any atom is 0.251 e. The zero-order valence-corrected chi connectivity index (χ0v) is 15.4. The molecule has 3 rings (SSSR count). The minimum Gasteiger partial charge on any atom is -0.346 e. The molecule has 0 fully saturated rings. The first-order chi connectivity index (χ1) is 12.1. The summed E-state index contributed by atoms with van der Waals surface area (Å²) in [5.41, 5.74) is 3.45. The summed E-state index contributed by atoms with van der Waals surface area (Å²) in [6.45, 7) is 0.389. The van der Waals surface area contributed by atoms with Crippen molar-refractivity contribution in [2.75, 3.05) is 6.26 Å². The number of carbonyl (C=O) groups is 1. The number of hydrogen-bond acceptors (Lipinski definition) is 4. The maximum atomic E-state index is 12.3. The first-order valence-corrected chi connectivity index (χ1v) is 10.4. The zero-order chi connectivity index (χ0) is 17.6. The van der Waals surface area contributed by atoms with Gasteiger partial charge in [-0.2, -0.15) is 0 Å². The van der Waals surface area contributed by atoms with Crippen molar-refractivity contribution < 1.29 is 9.00 Å². The highest BCUT2D eigenvalue weighted by molar-refractivity contribution is 7.83. The zero-order valence-electron chi connectivity index (χ0n) is 13.8. The highest BCUT2D eigenvalue weighted by Gasteiger charge is 2.09. The second kappa shape index (κ2) is 8.18. The number of hydrogen-bond donors (Lipinski definition) is 1. The molecule has 0 unspecified atom stereocenters. The van der Waals surface area contributed by atoms with Gasteiger partial charge in [-0.05, 0) is 17.7 Å². The Morgan fingerprint density at radius 3 is 2.72 bits per heavy atom. The Kier molecular flexibility index (Phi) is 5.73. The lowest BCUT2D eigenvalue weighted by molar-refractivity contribution is 0.0951. The molecular weight excluding hydrogens is 352 g/mol. The lowest BCUT2D eigenvalue weighted by Crippen LogP contribution is -2.22. The Morgan fingerprint density at radius 1 is 1.16 bits per heavy atom. The van der Waals surface area contributed by atoms with E-state index >= 15 is 0 Å². The Hall–Kier alpha value is -2.31. The first kappa shape index (κ1) is 17.5. The van der Waals surface area contributed by atoms with E-state index in [0.717, 1.165) is 21.8 Å². The smallest absolute Gasteiger partial charge is 0.251 e. The lowest BCUT2D eigenvalue weighted by atomic mass is 10.1. The monoisotopic (exact) mass is 370 g/mol. The molecule has 3 aromatic rings. The van der Waals surface area contributed by atoms with Gasteiger partial charge in [0.1, 0.15) is 5.01 Å². The molecule has 4 nitrogen and oxygen atoms in total. The van der Waals surface area contributed by atoms with Crippen molar-refractivity contribution in [1.82, 2.24) is 10.3 Å². The Labute approximate surface area is 153 Å². The summed E-state index contributed by atoms with van der Waals surface area (Å²) in [5.74, 6) is 0.300. The molecular formula is C19H18N2O2S2. The lowest BCUT2D eigenvalue weighted by Gasteiger charge is -2.05. The number of nitrogens with zero attached hydrogens (tertiary/aromatic N) is 1. The predicted octanol–water partition coefficient (Wildman–Crippen LogP) is 3.62. The van der Waals surface area contributed by atoms with Crippen molar-refractivity contribution in [1.29, 1.82) is 0 Å². The molecule has 0 aliphatic heterocycles. The molecule has 1 atom stereocenters. The summed E-state index contributed by atoms with van der Waals surface area (Å²) in [5, 5.41) is 5.75. The van der Waals surface area contributed by atoms with Crippen LogP contribution in [0.3, 0.4) is 0 Å². The number of carbonyl (C=O) groups excluding carboxylic acids is 1. The van der Waals surface area contributed by atoms with Crippen LogP contribution in [0.2, 0.25) is 0 Å². The van der Waals surface area contributed by atoms with Crippen LogP contribution in [0.25, 0.3) is 11.3 Å². The Bertz CT molecular complexity index is 891. The average molecular weight is 370 g/mol. The van der Waals surface area contributed by atoms with Gasteiger partial charge in [-0.3, -0.25) is 9.00 Å². The standard InChI is InChI=1S/C19H18N2O2S2/c1-25(23)13-14-6-5-9-16(10-14)19(22)20-11-18-21-17(12-24-18)15-7-3-2-4-8-15/h2-10,12H,11,13H2,1H3,(H,20,22)/t25-/m1/s1. The third-order valence-electron chi connectivity index (χ3n) is 3.58. The molecule has 25 heavy (non-hydrogen) atoms. The Morgan fingerprint density at radius 2 is 1.96 bits per heavy atom. The van der Waals surface area contributed by atoms with E-state index in [2.05, 4.69) is 10.3 Å². The van der Waals surface area contributed by atoms with Crippen LogP contribution in [0.15, 0.2) is 60.0 Å². The van der Waals surface area contributed by atoms with Gasteiger partial charge in [0.05, 0.1) is 12.2 Å². The van der Waals surface area contributed by atoms with Crippen LogP contribution in [0.1, 0.15) is 20.9 Å². The Balaban J connectivity index is 1.63. The van der Waals surface area contributed by atoms with Gasteiger partial charge in [-0.15, -0.1) is 11.3 Å². The molecule has 128 valence electrons. The topological polar surface area (TPSA) is 59.1 Å². The third kappa shape index (κ3) is 4.84. The number of thiazole rings is 1. The normalized spacial score (nSPS) is 11.9. The highest BCUT2D eigenvalue weighted by atomic mass is 32.2. The van der Waals surface area contributed by atoms with Crippen LogP contribution in [-0.2, 0) is 23.1 Å². The van der Waals surface area contributed by atoms with Crippen LogP contribution >= 0.6 is 11.3 Å². The first-order valence-electron chi connectivity index (χ1n) is 7.79. The van der Waals surface area contributed by atoms with Gasteiger partial charge in [0.2, 0.25) is 0 Å². The van der Waals surface area contributed by atoms with Gasteiger partial charge in [-0.25, -0.2) is 4.98 Å². The number of benzene rings is 2. The quantitative estimate of drug-likeness (QED) is 0.721. The fourth-order valence-electron chi connectivity index (χ4n) is 2.43. The molecule has 1 aromatic heterocycles. The number of amides is 1. The second-order valence-corrected chi connectivity index (χ2v) is 7.97. The van der Waals surface area contributed by atoms with Gasteiger partial charge in [-0.1, -0.05) is 42.5 Å². The molecule has 0 bridgehead atoms. The van der Waals surface area contributed by atoms with Gasteiger partial charge in [0.15, 0.2) is 0 Å². The minimum atomic E-state index is -0.927. The molecule has 0 radical (unpaired) electrons. The van der Waals surface area contributed by atoms with Crippen molar-refractivity contribution in [3.63, 3.8) is 0 Å². The molecule has 2 aromatic carbocycles. The predicted molar refractivity (Wildman–Crippen MR) is 103 cm³/mol. The largest absolute Gasteiger partial charge is 0.346 e. The molecule has 1 N–H and O–H groups in total. The SMILES string of the molecule is C[S@@](=O)Cc1cccc(C(=O)NCc2nc(-c3ccccc3)cs2)c1. The van der Waals surface area contributed by atoms with Crippen molar-refractivity contribution in [3.8, 4) is 11.3 Å². The summed E-state index contributed by atoms with van der Waals surface area (Å²) in [6, 6.07) is 17.2. The molecule has 6 heteroatoms. The molecule has 0 aliphatic rings. The van der Waals surface area contributed by atoms with Crippen LogP contribution in [-0.4, -0.2) is 21.4 Å². The third-order valence-corrected chi connectivity index (χ3v) is 5.17. The maximum absolute atomic E-state index is 12.3. The summed E-state index contributed by atoms with van der Waals surface area (Å²) < 4.78 is 11.3. The summed E-state index contributed by atoms with van der Waals surface area (Å²) in [7, 11) is -0.927. The number of rotatable bonds is 6. The van der Waals surface area contributed by atoms with Crippen LogP contribution in [0.5, 0.6) is 0 Å². The van der Waals surface area contributed by atoms with E-state index in [9.17, 15) is 9.00 Å². The van der Waals surface area contributed by atoms with Crippen molar-refractivity contribution in [2.45, 2.75) is 12.3 Å². The van der Waals surface area contributed by atoms with Gasteiger partial charge < -0.3 is 5.32 Å². The summed E-state index contributed by atoms with van der Waals surface area (Å²) >= 11 is 1.53. The molecule has 0 spiro atoms. The van der Waals surface area contributed by atoms with Crippen LogP contribution in [0, 0.1) is 0 Å². The number of aromatic nitrogens is 1. The van der Waals surface area contributed by atoms with Gasteiger partial charge in [0.25, 0.3) is 5.91 Å². The summed E-state index contributed by atoms with van der Waals surface area (Å²) in [4.78, 5) is 16.9. The average Bonchev–Trinajstić information content (AvgIpc) is 3.09. The highest BCUT2D eigenvalue weighted by Crippen LogP contribution is 2.21. The van der Waals surface area contributed by atoms with E-state index in [1.807, 2.05) is 47.8 Å². The summed E-state index contributed by atoms with van der Waals surface area (Å²) in [6.07, 6.45) is 1.65. The molecule has 0 saturated carbocycles. The van der Waals surface area contributed by atoms with Gasteiger partial charge >= 0.3 is 0 Å². The fourth-order valence-corrected chi connectivity index (χ4v) is 3.82. The second-order valence-electron chi connectivity index (χ2n) is 5.59. The molecule has 0 saturated heterocycles. The van der Waals surface area contributed by atoms with E-state index in [1.165, 1.54) is 11.3 Å². The van der Waals surface area contributed by atoms with E-state index in [1.54, 1.807) is 18.4 Å². The van der Waals surface area contributed by atoms with E-state index in [4.69, 9.17) is 0 Å². The van der Waals surface area contributed by atoms with Crippen LogP contribution in [0.4, 0.5) is 0 Å². The molecule has 1 amide bonds. The molecule has 0 aliphatic carbocycles. The molecule has 1 heterocycles. The van der Waals surface area contributed by atoms with Crippen molar-refractivity contribution in [3.05, 3.63) is 76.1 Å².